The van der Waals surface area contributed by atoms with Crippen molar-refractivity contribution in [1.29, 1.82) is 0 Å². The van der Waals surface area contributed by atoms with Gasteiger partial charge in [0.2, 0.25) is 0 Å². The molecule has 0 amide bonds. The Morgan fingerprint density at radius 3 is 1.84 bits per heavy atom. The third kappa shape index (κ3) is 4.93. The van der Waals surface area contributed by atoms with Gasteiger partial charge in [0.25, 0.3) is 0 Å². The molecule has 1 heterocycles. The van der Waals surface area contributed by atoms with Crippen molar-refractivity contribution in [1.82, 2.24) is 0 Å². The third-order valence-corrected chi connectivity index (χ3v) is 9.87. The highest BCUT2D eigenvalue weighted by atomic mass is 16.6. The molecule has 43 heavy (non-hydrogen) atoms. The fourth-order valence-electron chi connectivity index (χ4n) is 8.39. The second-order valence-corrected chi connectivity index (χ2v) is 13.0. The van der Waals surface area contributed by atoms with Gasteiger partial charge in [-0.2, -0.15) is 0 Å². The van der Waals surface area contributed by atoms with Crippen LogP contribution >= 0.6 is 0 Å². The lowest BCUT2D eigenvalue weighted by molar-refractivity contribution is -0.353. The number of aliphatic hydroxyl groups excluding tert-OH is 1. The van der Waals surface area contributed by atoms with Crippen LogP contribution in [0.1, 0.15) is 75.2 Å². The molecule has 0 aromatic rings. The van der Waals surface area contributed by atoms with Crippen LogP contribution in [0.5, 0.6) is 0 Å². The number of hydrogen-bond donors (Lipinski definition) is 2. The van der Waals surface area contributed by atoms with Gasteiger partial charge >= 0.3 is 29.8 Å². The molecule has 13 heteroatoms. The molecule has 4 aliphatic rings. The number of fused-ring (bicyclic) bond motifs is 4. The van der Waals surface area contributed by atoms with E-state index in [-0.39, 0.29) is 25.0 Å². The summed E-state index contributed by atoms with van der Waals surface area (Å²) in [6.07, 6.45) is -7.62. The van der Waals surface area contributed by atoms with E-state index < -0.39 is 94.4 Å². The highest BCUT2D eigenvalue weighted by Gasteiger charge is 2.80. The van der Waals surface area contributed by atoms with E-state index in [1.165, 1.54) is 34.6 Å². The SMILES string of the molecule is CC(=O)O[C@@H]1C2=C(C)[C@@H](O)C[C@@]2(C(C)(C)O)[C@@H](OC(C)=O)[C@@H]2[C@]3(OC(C)=O)CO[C@@H]3C[C@H](OC(C)=O)[C@@]2(C)[C@@H]1OC(C)=O. The van der Waals surface area contributed by atoms with Gasteiger partial charge in [-0.15, -0.1) is 0 Å². The fraction of sp³-hybridized carbons (Fsp3) is 0.767. The minimum atomic E-state index is -1.79. The Morgan fingerprint density at radius 2 is 1.40 bits per heavy atom. The lowest BCUT2D eigenvalue weighted by atomic mass is 9.49. The van der Waals surface area contributed by atoms with Gasteiger partial charge in [0.05, 0.1) is 35.1 Å². The molecule has 0 spiro atoms. The lowest BCUT2D eigenvalue weighted by Crippen LogP contribution is -2.79. The highest BCUT2D eigenvalue weighted by molar-refractivity contribution is 5.70. The molecule has 0 unspecified atom stereocenters. The molecule has 3 fully saturated rings. The number of ether oxygens (including phenoxy) is 6. The van der Waals surface area contributed by atoms with E-state index >= 15 is 0 Å². The first-order valence-corrected chi connectivity index (χ1v) is 14.4. The van der Waals surface area contributed by atoms with E-state index in [1.807, 2.05) is 0 Å². The van der Waals surface area contributed by atoms with Crippen molar-refractivity contribution in [2.45, 2.75) is 123 Å². The van der Waals surface area contributed by atoms with E-state index in [2.05, 4.69) is 0 Å². The summed E-state index contributed by atoms with van der Waals surface area (Å²) >= 11 is 0. The van der Waals surface area contributed by atoms with Crippen molar-refractivity contribution in [3.8, 4) is 0 Å². The maximum Gasteiger partial charge on any atom is 0.303 e. The molecule has 0 bridgehead atoms. The van der Waals surface area contributed by atoms with E-state index in [1.54, 1.807) is 13.8 Å². The number of carbonyl (C=O) groups is 5. The minimum absolute atomic E-state index is 0.00657. The maximum absolute atomic E-state index is 13.0. The van der Waals surface area contributed by atoms with Gasteiger partial charge in [-0.3, -0.25) is 24.0 Å². The van der Waals surface area contributed by atoms with Crippen LogP contribution in [0.15, 0.2) is 11.1 Å². The Bertz CT molecular complexity index is 1250. The van der Waals surface area contributed by atoms with Gasteiger partial charge < -0.3 is 38.6 Å². The Hall–Kier alpha value is -3.03. The predicted molar refractivity (Wildman–Crippen MR) is 145 cm³/mol. The number of carbonyl (C=O) groups excluding carboxylic acids is 5. The fourth-order valence-corrected chi connectivity index (χ4v) is 8.39. The molecule has 2 saturated carbocycles. The summed E-state index contributed by atoms with van der Waals surface area (Å²) in [6.45, 7) is 11.9. The molecule has 0 radical (unpaired) electrons. The number of rotatable bonds is 6. The second kappa shape index (κ2) is 10.8. The Labute approximate surface area is 250 Å². The smallest absolute Gasteiger partial charge is 0.303 e. The molecule has 2 N–H and O–H groups in total. The normalized spacial score (nSPS) is 40.0. The molecule has 10 atom stereocenters. The molecule has 4 rings (SSSR count). The lowest BCUT2D eigenvalue weighted by Gasteiger charge is -2.65. The molecule has 0 aromatic carbocycles. The summed E-state index contributed by atoms with van der Waals surface area (Å²) in [7, 11) is 0. The van der Waals surface area contributed by atoms with Crippen LogP contribution in [-0.4, -0.2) is 94.5 Å². The summed E-state index contributed by atoms with van der Waals surface area (Å²) in [6, 6.07) is 0. The van der Waals surface area contributed by atoms with Gasteiger partial charge in [-0.1, -0.05) is 6.92 Å². The monoisotopic (exact) mass is 610 g/mol. The van der Waals surface area contributed by atoms with Crippen LogP contribution < -0.4 is 0 Å². The van der Waals surface area contributed by atoms with Crippen molar-refractivity contribution in [2.24, 2.45) is 16.7 Å². The summed E-state index contributed by atoms with van der Waals surface area (Å²) < 4.78 is 35.9. The van der Waals surface area contributed by atoms with Gasteiger partial charge in [-0.25, -0.2) is 0 Å². The zero-order chi connectivity index (χ0) is 32.4. The van der Waals surface area contributed by atoms with E-state index in [0.29, 0.717) is 5.57 Å². The minimum Gasteiger partial charge on any atom is -0.462 e. The first-order valence-electron chi connectivity index (χ1n) is 14.4. The average Bonchev–Trinajstić information content (AvgIpc) is 3.07. The van der Waals surface area contributed by atoms with Crippen molar-refractivity contribution in [2.75, 3.05) is 6.61 Å². The second-order valence-electron chi connectivity index (χ2n) is 13.0. The van der Waals surface area contributed by atoms with Crippen LogP contribution in [0.25, 0.3) is 0 Å². The van der Waals surface area contributed by atoms with Crippen LogP contribution in [0.3, 0.4) is 0 Å². The first kappa shape index (κ1) is 32.9. The molecule has 1 aliphatic heterocycles. The molecular weight excluding hydrogens is 568 g/mol. The third-order valence-electron chi connectivity index (χ3n) is 9.87. The zero-order valence-electron chi connectivity index (χ0n) is 26.0. The topological polar surface area (TPSA) is 181 Å². The van der Waals surface area contributed by atoms with Gasteiger partial charge in [0, 0.05) is 41.0 Å². The largest absolute Gasteiger partial charge is 0.462 e. The summed E-state index contributed by atoms with van der Waals surface area (Å²) in [5.74, 6) is -4.83. The highest BCUT2D eigenvalue weighted by Crippen LogP contribution is 2.68. The quantitative estimate of drug-likeness (QED) is 0.250. The van der Waals surface area contributed by atoms with Crippen molar-refractivity contribution in [3.63, 3.8) is 0 Å². The molecule has 13 nitrogen and oxygen atoms in total. The van der Waals surface area contributed by atoms with Crippen LogP contribution in [0.2, 0.25) is 0 Å². The number of esters is 5. The molecule has 3 aliphatic carbocycles. The Kier molecular flexibility index (Phi) is 8.29. The number of aliphatic hydroxyl groups is 2. The van der Waals surface area contributed by atoms with Gasteiger partial charge in [0.1, 0.15) is 18.3 Å². The molecular formula is C30H42O13. The molecule has 1 saturated heterocycles. The van der Waals surface area contributed by atoms with Crippen molar-refractivity contribution in [3.05, 3.63) is 11.1 Å². The van der Waals surface area contributed by atoms with Gasteiger partial charge in [0.15, 0.2) is 17.8 Å². The molecule has 240 valence electrons. The Morgan fingerprint density at radius 1 is 0.860 bits per heavy atom. The van der Waals surface area contributed by atoms with Crippen LogP contribution in [0.4, 0.5) is 0 Å². The average molecular weight is 611 g/mol. The zero-order valence-corrected chi connectivity index (χ0v) is 26.0. The van der Waals surface area contributed by atoms with E-state index in [4.69, 9.17) is 28.4 Å². The van der Waals surface area contributed by atoms with Crippen LogP contribution in [-0.2, 0) is 52.4 Å². The predicted octanol–water partition coefficient (Wildman–Crippen LogP) is 1.29. The standard InChI is InChI=1S/C30H42O13/c1-13-19(36)11-29(27(7,8)37)22(13)23(40-15(3)32)25(41-16(4)33)28(9)20(39-14(2)31)10-21-30(12-38-21,43-18(6)35)24(28)26(29)42-17(5)34/h19-21,23-26,36-37H,10-12H2,1-9H3/t19-,20-,21+,23+,24-,25+,26-,28+,29-,30-/m0/s1. The van der Waals surface area contributed by atoms with Crippen LogP contribution in [0, 0.1) is 16.7 Å². The van der Waals surface area contributed by atoms with E-state index in [0.717, 1.165) is 13.8 Å². The summed E-state index contributed by atoms with van der Waals surface area (Å²) in [5.41, 5.74) is -6.07. The summed E-state index contributed by atoms with van der Waals surface area (Å²) in [5, 5.41) is 23.4. The van der Waals surface area contributed by atoms with E-state index in [9.17, 15) is 34.2 Å². The summed E-state index contributed by atoms with van der Waals surface area (Å²) in [4.78, 5) is 63.7. The first-order chi connectivity index (χ1) is 19.7. The maximum atomic E-state index is 13.0. The number of hydrogen-bond acceptors (Lipinski definition) is 13. The van der Waals surface area contributed by atoms with Crippen molar-refractivity contribution < 1.29 is 62.6 Å². The Balaban J connectivity index is 2.23. The molecule has 0 aromatic heterocycles. The van der Waals surface area contributed by atoms with Crippen molar-refractivity contribution >= 4 is 29.8 Å². The van der Waals surface area contributed by atoms with Gasteiger partial charge in [-0.05, 0) is 38.3 Å².